The number of benzene rings is 1. The Kier molecular flexibility index (Phi) is 7.31. The van der Waals surface area contributed by atoms with E-state index in [4.69, 9.17) is 10.5 Å². The summed E-state index contributed by atoms with van der Waals surface area (Å²) >= 11 is 3.27. The minimum absolute atomic E-state index is 0. The Bertz CT molecular complexity index is 525. The highest BCUT2D eigenvalue weighted by atomic mass is 79.9. The Morgan fingerprint density at radius 2 is 2.05 bits per heavy atom. The number of methoxy groups -OCH3 is 1. The maximum absolute atomic E-state index is 12.3. The summed E-state index contributed by atoms with van der Waals surface area (Å²) in [6.07, 6.45) is 0. The average molecular weight is 374 g/mol. The van der Waals surface area contributed by atoms with E-state index in [1.165, 1.54) is 30.6 Å². The van der Waals surface area contributed by atoms with Gasteiger partial charge in [0.1, 0.15) is 5.75 Å². The fourth-order valence-electron chi connectivity index (χ4n) is 1.36. The van der Waals surface area contributed by atoms with Crippen LogP contribution in [0.4, 0.5) is 0 Å². The van der Waals surface area contributed by atoms with Gasteiger partial charge in [0.15, 0.2) is 0 Å². The van der Waals surface area contributed by atoms with Crippen molar-refractivity contribution in [2.45, 2.75) is 17.9 Å². The Morgan fingerprint density at radius 3 is 2.47 bits per heavy atom. The van der Waals surface area contributed by atoms with Gasteiger partial charge in [0.2, 0.25) is 10.0 Å². The molecule has 0 aliphatic rings. The molecule has 5 nitrogen and oxygen atoms in total. The zero-order valence-electron chi connectivity index (χ0n) is 11.0. The van der Waals surface area contributed by atoms with Crippen LogP contribution in [0.25, 0.3) is 0 Å². The van der Waals surface area contributed by atoms with Crippen LogP contribution in [0, 0.1) is 0 Å². The van der Waals surface area contributed by atoms with Crippen LogP contribution in [0.2, 0.25) is 0 Å². The molecular weight excluding hydrogens is 356 g/mol. The summed E-state index contributed by atoms with van der Waals surface area (Å²) in [5.74, 6) is 0.587. The summed E-state index contributed by atoms with van der Waals surface area (Å²) < 4.78 is 31.5. The first-order chi connectivity index (χ1) is 8.34. The number of hydrogen-bond donors (Lipinski definition) is 1. The molecule has 0 saturated carbocycles. The summed E-state index contributed by atoms with van der Waals surface area (Å²) in [5.41, 5.74) is 5.49. The standard InChI is InChI=1S/C11H17BrN2O3S.ClH/c1-8(7-13)14(2)18(15,16)9-4-5-11(17-3)10(12)6-9;/h4-6,8H,7,13H2,1-3H3;1H. The maximum Gasteiger partial charge on any atom is 0.243 e. The van der Waals surface area contributed by atoms with Gasteiger partial charge in [-0.15, -0.1) is 12.4 Å². The maximum atomic E-state index is 12.3. The molecule has 1 aromatic rings. The van der Waals surface area contributed by atoms with E-state index in [0.717, 1.165) is 0 Å². The summed E-state index contributed by atoms with van der Waals surface area (Å²) in [6.45, 7) is 2.03. The molecule has 0 fully saturated rings. The quantitative estimate of drug-likeness (QED) is 0.855. The van der Waals surface area contributed by atoms with Crippen molar-refractivity contribution < 1.29 is 13.2 Å². The fourth-order valence-corrected chi connectivity index (χ4v) is 3.45. The monoisotopic (exact) mass is 372 g/mol. The summed E-state index contributed by atoms with van der Waals surface area (Å²) in [4.78, 5) is 0.206. The molecule has 19 heavy (non-hydrogen) atoms. The number of halogens is 2. The summed E-state index contributed by atoms with van der Waals surface area (Å²) in [7, 11) is -0.486. The molecule has 0 bridgehead atoms. The lowest BCUT2D eigenvalue weighted by Crippen LogP contribution is -2.39. The Balaban J connectivity index is 0.00000324. The van der Waals surface area contributed by atoms with E-state index in [1.807, 2.05) is 0 Å². The van der Waals surface area contributed by atoms with Crippen molar-refractivity contribution in [3.8, 4) is 5.75 Å². The van der Waals surface area contributed by atoms with E-state index in [0.29, 0.717) is 10.2 Å². The number of rotatable bonds is 5. The van der Waals surface area contributed by atoms with E-state index in [1.54, 1.807) is 13.0 Å². The van der Waals surface area contributed by atoms with Gasteiger partial charge in [-0.05, 0) is 41.1 Å². The number of likely N-dealkylation sites (N-methyl/N-ethyl adjacent to an activating group) is 1. The second-order valence-electron chi connectivity index (χ2n) is 3.90. The van der Waals surface area contributed by atoms with E-state index in [-0.39, 0.29) is 29.9 Å². The van der Waals surface area contributed by atoms with E-state index < -0.39 is 10.0 Å². The molecule has 0 amide bonds. The molecule has 0 aliphatic carbocycles. The first-order valence-electron chi connectivity index (χ1n) is 5.36. The SMILES string of the molecule is COc1ccc(S(=O)(=O)N(C)C(C)CN)cc1Br.Cl. The number of hydrogen-bond acceptors (Lipinski definition) is 4. The van der Waals surface area contributed by atoms with Crippen LogP contribution in [0.15, 0.2) is 27.6 Å². The zero-order valence-corrected chi connectivity index (χ0v) is 14.2. The molecular formula is C11H18BrClN2O3S. The second kappa shape index (κ2) is 7.44. The molecule has 8 heteroatoms. The predicted octanol–water partition coefficient (Wildman–Crippen LogP) is 1.85. The highest BCUT2D eigenvalue weighted by molar-refractivity contribution is 9.10. The molecule has 1 rings (SSSR count). The van der Waals surface area contributed by atoms with Crippen molar-refractivity contribution in [2.24, 2.45) is 5.73 Å². The first-order valence-corrected chi connectivity index (χ1v) is 7.59. The van der Waals surface area contributed by atoms with E-state index in [2.05, 4.69) is 15.9 Å². The number of nitrogens with two attached hydrogens (primary N) is 1. The van der Waals surface area contributed by atoms with Crippen molar-refractivity contribution in [1.82, 2.24) is 4.31 Å². The first kappa shape index (κ1) is 18.7. The van der Waals surface area contributed by atoms with Crippen molar-refractivity contribution in [1.29, 1.82) is 0 Å². The van der Waals surface area contributed by atoms with E-state index in [9.17, 15) is 8.42 Å². The molecule has 1 atom stereocenters. The molecule has 1 unspecified atom stereocenters. The number of ether oxygens (including phenoxy) is 1. The third-order valence-corrected chi connectivity index (χ3v) is 5.35. The molecule has 0 spiro atoms. The van der Waals surface area contributed by atoms with Crippen LogP contribution < -0.4 is 10.5 Å². The van der Waals surface area contributed by atoms with Gasteiger partial charge in [0, 0.05) is 19.6 Å². The minimum atomic E-state index is -3.53. The molecule has 110 valence electrons. The van der Waals surface area contributed by atoms with Crippen LogP contribution in [0.3, 0.4) is 0 Å². The zero-order chi connectivity index (χ0) is 13.9. The third kappa shape index (κ3) is 4.06. The topological polar surface area (TPSA) is 72.6 Å². The molecule has 0 radical (unpaired) electrons. The van der Waals surface area contributed by atoms with Gasteiger partial charge in [-0.2, -0.15) is 4.31 Å². The highest BCUT2D eigenvalue weighted by Gasteiger charge is 2.25. The van der Waals surface area contributed by atoms with Crippen molar-refractivity contribution in [3.05, 3.63) is 22.7 Å². The lowest BCUT2D eigenvalue weighted by molar-refractivity contribution is 0.394. The Labute approximate surface area is 128 Å². The predicted molar refractivity (Wildman–Crippen MR) is 81.4 cm³/mol. The fraction of sp³-hybridized carbons (Fsp3) is 0.455. The van der Waals surface area contributed by atoms with E-state index >= 15 is 0 Å². The molecule has 0 aromatic heterocycles. The van der Waals surface area contributed by atoms with Gasteiger partial charge < -0.3 is 10.5 Å². The third-order valence-electron chi connectivity index (χ3n) is 2.76. The second-order valence-corrected chi connectivity index (χ2v) is 6.75. The lowest BCUT2D eigenvalue weighted by Gasteiger charge is -2.23. The number of sulfonamides is 1. The molecule has 2 N–H and O–H groups in total. The Hall–Kier alpha value is -0.340. The smallest absolute Gasteiger partial charge is 0.243 e. The van der Waals surface area contributed by atoms with Gasteiger partial charge in [-0.1, -0.05) is 0 Å². The summed E-state index contributed by atoms with van der Waals surface area (Å²) in [6, 6.07) is 4.39. The van der Waals surface area contributed by atoms with Gasteiger partial charge in [-0.25, -0.2) is 8.42 Å². The molecule has 0 heterocycles. The van der Waals surface area contributed by atoms with Crippen LogP contribution >= 0.6 is 28.3 Å². The van der Waals surface area contributed by atoms with Crippen LogP contribution in [0.5, 0.6) is 5.75 Å². The van der Waals surface area contributed by atoms with Crippen LogP contribution in [-0.4, -0.2) is 39.5 Å². The van der Waals surface area contributed by atoms with Crippen LogP contribution in [0.1, 0.15) is 6.92 Å². The molecule has 0 aliphatic heterocycles. The highest BCUT2D eigenvalue weighted by Crippen LogP contribution is 2.28. The van der Waals surface area contributed by atoms with Crippen molar-refractivity contribution in [3.63, 3.8) is 0 Å². The molecule has 1 aromatic carbocycles. The van der Waals surface area contributed by atoms with Gasteiger partial charge in [-0.3, -0.25) is 0 Å². The molecule has 0 saturated heterocycles. The van der Waals surface area contributed by atoms with Gasteiger partial charge in [0.05, 0.1) is 16.5 Å². The van der Waals surface area contributed by atoms with Crippen molar-refractivity contribution >= 4 is 38.4 Å². The summed E-state index contributed by atoms with van der Waals surface area (Å²) in [5, 5.41) is 0. The average Bonchev–Trinajstić information content (AvgIpc) is 2.36. The van der Waals surface area contributed by atoms with Gasteiger partial charge >= 0.3 is 0 Å². The Morgan fingerprint density at radius 1 is 1.47 bits per heavy atom. The van der Waals surface area contributed by atoms with Crippen molar-refractivity contribution in [2.75, 3.05) is 20.7 Å². The lowest BCUT2D eigenvalue weighted by atomic mass is 10.3. The number of nitrogens with zero attached hydrogens (tertiary/aromatic N) is 1. The minimum Gasteiger partial charge on any atom is -0.496 e. The van der Waals surface area contributed by atoms with Crippen LogP contribution in [-0.2, 0) is 10.0 Å². The van der Waals surface area contributed by atoms with Gasteiger partial charge in [0.25, 0.3) is 0 Å². The largest absolute Gasteiger partial charge is 0.496 e. The normalized spacial score (nSPS) is 12.9.